The molecule has 1 amide bonds. The summed E-state index contributed by atoms with van der Waals surface area (Å²) in [7, 11) is 3.39. The van der Waals surface area contributed by atoms with Gasteiger partial charge in [0.05, 0.1) is 6.20 Å². The first-order chi connectivity index (χ1) is 9.40. The molecule has 106 valence electrons. The maximum Gasteiger partial charge on any atom is 0.259 e. The zero-order valence-corrected chi connectivity index (χ0v) is 13.4. The van der Waals surface area contributed by atoms with Crippen molar-refractivity contribution in [1.82, 2.24) is 14.7 Å². The number of rotatable bonds is 3. The number of carbonyl (C=O) groups is 1. The second-order valence-corrected chi connectivity index (χ2v) is 5.79. The average molecular weight is 358 g/mol. The minimum Gasteiger partial charge on any atom is -0.383 e. The Labute approximate surface area is 130 Å². The molecule has 0 spiro atoms. The number of carbonyl (C=O) groups excluding carboxylic acids is 1. The van der Waals surface area contributed by atoms with Crippen molar-refractivity contribution < 1.29 is 4.79 Å². The number of hydrogen-bond donors (Lipinski definition) is 1. The van der Waals surface area contributed by atoms with Crippen LogP contribution >= 0.6 is 27.5 Å². The van der Waals surface area contributed by atoms with Crippen molar-refractivity contribution >= 4 is 39.3 Å². The quantitative estimate of drug-likeness (QED) is 0.918. The summed E-state index contributed by atoms with van der Waals surface area (Å²) in [6.45, 7) is 0.394. The van der Waals surface area contributed by atoms with Crippen LogP contribution in [0.3, 0.4) is 0 Å². The number of nitrogens with two attached hydrogens (primary N) is 1. The van der Waals surface area contributed by atoms with E-state index >= 15 is 0 Å². The van der Waals surface area contributed by atoms with Gasteiger partial charge in [0.15, 0.2) is 0 Å². The Morgan fingerprint density at radius 3 is 2.85 bits per heavy atom. The van der Waals surface area contributed by atoms with Gasteiger partial charge in [-0.2, -0.15) is 5.10 Å². The summed E-state index contributed by atoms with van der Waals surface area (Å²) in [5, 5.41) is 4.59. The summed E-state index contributed by atoms with van der Waals surface area (Å²) in [6.07, 6.45) is 1.47. The molecule has 0 aliphatic heterocycles. The highest BCUT2D eigenvalue weighted by molar-refractivity contribution is 9.10. The Balaban J connectivity index is 2.20. The summed E-state index contributed by atoms with van der Waals surface area (Å²) < 4.78 is 2.38. The van der Waals surface area contributed by atoms with Crippen molar-refractivity contribution in [2.45, 2.75) is 6.54 Å². The Hall–Kier alpha value is -1.53. The first-order valence-corrected chi connectivity index (χ1v) is 7.04. The van der Waals surface area contributed by atoms with Gasteiger partial charge in [-0.15, -0.1) is 0 Å². The fourth-order valence-electron chi connectivity index (χ4n) is 1.81. The van der Waals surface area contributed by atoms with Gasteiger partial charge in [-0.05, 0) is 23.8 Å². The lowest BCUT2D eigenvalue weighted by Gasteiger charge is -2.18. The van der Waals surface area contributed by atoms with Gasteiger partial charge in [-0.1, -0.05) is 27.5 Å². The van der Waals surface area contributed by atoms with Crippen LogP contribution in [-0.2, 0) is 13.6 Å². The Morgan fingerprint density at radius 1 is 1.55 bits per heavy atom. The third-order valence-corrected chi connectivity index (χ3v) is 3.84. The lowest BCUT2D eigenvalue weighted by Crippen LogP contribution is -2.26. The van der Waals surface area contributed by atoms with E-state index in [4.69, 9.17) is 17.3 Å². The summed E-state index contributed by atoms with van der Waals surface area (Å²) in [5.41, 5.74) is 7.06. The van der Waals surface area contributed by atoms with Crippen LogP contribution in [0.2, 0.25) is 5.02 Å². The van der Waals surface area contributed by atoms with E-state index in [1.807, 2.05) is 12.1 Å². The Kier molecular flexibility index (Phi) is 4.35. The first kappa shape index (κ1) is 14.9. The normalized spacial score (nSPS) is 10.6. The third kappa shape index (κ3) is 2.96. The van der Waals surface area contributed by atoms with E-state index in [1.54, 1.807) is 25.1 Å². The predicted octanol–water partition coefficient (Wildman–Crippen LogP) is 2.69. The maximum absolute atomic E-state index is 12.3. The lowest BCUT2D eigenvalue weighted by molar-refractivity contribution is 0.0786. The van der Waals surface area contributed by atoms with Gasteiger partial charge in [-0.25, -0.2) is 0 Å². The van der Waals surface area contributed by atoms with E-state index in [-0.39, 0.29) is 5.91 Å². The molecule has 2 rings (SSSR count). The van der Waals surface area contributed by atoms with Crippen LogP contribution in [0, 0.1) is 0 Å². The minimum absolute atomic E-state index is 0.188. The number of benzene rings is 1. The maximum atomic E-state index is 12.3. The molecular formula is C13H14BrClN4O. The average Bonchev–Trinajstić information content (AvgIpc) is 2.73. The van der Waals surface area contributed by atoms with E-state index in [1.165, 1.54) is 10.9 Å². The van der Waals surface area contributed by atoms with Gasteiger partial charge in [0.1, 0.15) is 11.4 Å². The molecule has 1 aromatic carbocycles. The van der Waals surface area contributed by atoms with Gasteiger partial charge in [-0.3, -0.25) is 9.48 Å². The number of hydrogen-bond acceptors (Lipinski definition) is 3. The van der Waals surface area contributed by atoms with Gasteiger partial charge in [0.2, 0.25) is 0 Å². The van der Waals surface area contributed by atoms with Crippen molar-refractivity contribution in [3.8, 4) is 0 Å². The number of halogens is 2. The number of aryl methyl sites for hydroxylation is 1. The molecule has 2 N–H and O–H groups in total. The van der Waals surface area contributed by atoms with Crippen LogP contribution in [-0.4, -0.2) is 27.6 Å². The Bertz CT molecular complexity index is 656. The van der Waals surface area contributed by atoms with Crippen LogP contribution in [0.15, 0.2) is 28.9 Å². The largest absolute Gasteiger partial charge is 0.383 e. The van der Waals surface area contributed by atoms with Crippen LogP contribution in [0.1, 0.15) is 15.9 Å². The van der Waals surface area contributed by atoms with Gasteiger partial charge >= 0.3 is 0 Å². The highest BCUT2D eigenvalue weighted by atomic mass is 79.9. The van der Waals surface area contributed by atoms with Crippen LogP contribution < -0.4 is 5.73 Å². The molecule has 5 nitrogen and oxygen atoms in total. The molecule has 0 unspecified atom stereocenters. The molecule has 0 radical (unpaired) electrons. The highest BCUT2D eigenvalue weighted by Gasteiger charge is 2.18. The number of anilines is 1. The van der Waals surface area contributed by atoms with E-state index in [2.05, 4.69) is 21.0 Å². The van der Waals surface area contributed by atoms with Crippen LogP contribution in [0.5, 0.6) is 0 Å². The smallest absolute Gasteiger partial charge is 0.259 e. The van der Waals surface area contributed by atoms with Gasteiger partial charge in [0, 0.05) is 30.1 Å². The standard InChI is InChI=1S/C13H14BrClN4O/c1-18(7-8-5-9(14)3-4-11(8)15)13(20)10-6-17-19(2)12(10)16/h3-6H,7,16H2,1-2H3. The fourth-order valence-corrected chi connectivity index (χ4v) is 2.40. The second kappa shape index (κ2) is 5.85. The molecule has 0 saturated heterocycles. The van der Waals surface area contributed by atoms with Crippen molar-refractivity contribution in [2.75, 3.05) is 12.8 Å². The van der Waals surface area contributed by atoms with Crippen molar-refractivity contribution in [1.29, 1.82) is 0 Å². The van der Waals surface area contributed by atoms with Gasteiger partial charge < -0.3 is 10.6 Å². The highest BCUT2D eigenvalue weighted by Crippen LogP contribution is 2.23. The van der Waals surface area contributed by atoms with Crippen LogP contribution in [0.25, 0.3) is 0 Å². The topological polar surface area (TPSA) is 64.2 Å². The zero-order chi connectivity index (χ0) is 14.9. The predicted molar refractivity (Wildman–Crippen MR) is 82.6 cm³/mol. The zero-order valence-electron chi connectivity index (χ0n) is 11.1. The molecule has 0 fully saturated rings. The van der Waals surface area contributed by atoms with Crippen LogP contribution in [0.4, 0.5) is 5.82 Å². The number of nitrogen functional groups attached to an aromatic ring is 1. The second-order valence-electron chi connectivity index (χ2n) is 4.46. The molecule has 0 bridgehead atoms. The summed E-state index contributed by atoms with van der Waals surface area (Å²) in [4.78, 5) is 13.9. The summed E-state index contributed by atoms with van der Waals surface area (Å²) in [6, 6.07) is 5.53. The fraction of sp³-hybridized carbons (Fsp3) is 0.231. The van der Waals surface area contributed by atoms with Gasteiger partial charge in [0.25, 0.3) is 5.91 Å². The lowest BCUT2D eigenvalue weighted by atomic mass is 10.2. The molecule has 0 aliphatic rings. The Morgan fingerprint density at radius 2 is 2.25 bits per heavy atom. The molecule has 20 heavy (non-hydrogen) atoms. The monoisotopic (exact) mass is 356 g/mol. The third-order valence-electron chi connectivity index (χ3n) is 2.98. The molecular weight excluding hydrogens is 344 g/mol. The van der Waals surface area contributed by atoms with Crippen molar-refractivity contribution in [3.05, 3.63) is 45.0 Å². The number of amides is 1. The molecule has 0 aliphatic carbocycles. The van der Waals surface area contributed by atoms with E-state index in [0.717, 1.165) is 10.0 Å². The SMILES string of the molecule is CN(Cc1cc(Br)ccc1Cl)C(=O)c1cnn(C)c1N. The number of aromatic nitrogens is 2. The summed E-state index contributed by atoms with van der Waals surface area (Å²) in [5.74, 6) is 0.161. The molecule has 0 saturated carbocycles. The van der Waals surface area contributed by atoms with E-state index in [9.17, 15) is 4.79 Å². The van der Waals surface area contributed by atoms with E-state index in [0.29, 0.717) is 22.9 Å². The molecule has 0 atom stereocenters. The molecule has 1 aromatic heterocycles. The first-order valence-electron chi connectivity index (χ1n) is 5.87. The minimum atomic E-state index is -0.188. The van der Waals surface area contributed by atoms with E-state index < -0.39 is 0 Å². The van der Waals surface area contributed by atoms with Crippen molar-refractivity contribution in [3.63, 3.8) is 0 Å². The summed E-state index contributed by atoms with van der Waals surface area (Å²) >= 11 is 9.51. The number of nitrogens with zero attached hydrogens (tertiary/aromatic N) is 3. The van der Waals surface area contributed by atoms with Crippen molar-refractivity contribution in [2.24, 2.45) is 7.05 Å². The molecule has 2 aromatic rings. The molecule has 7 heteroatoms. The molecule has 1 heterocycles.